The van der Waals surface area contributed by atoms with E-state index in [1.165, 1.54) is 0 Å². The van der Waals surface area contributed by atoms with Crippen molar-refractivity contribution in [2.24, 2.45) is 0 Å². The van der Waals surface area contributed by atoms with Gasteiger partial charge in [0.1, 0.15) is 0 Å². The van der Waals surface area contributed by atoms with Crippen LogP contribution >= 0.6 is 11.6 Å². The Morgan fingerprint density at radius 1 is 1.30 bits per heavy atom. The summed E-state index contributed by atoms with van der Waals surface area (Å²) in [6, 6.07) is 7.55. The Labute approximate surface area is 128 Å². The lowest BCUT2D eigenvalue weighted by Crippen LogP contribution is -2.45. The molecule has 20 heavy (non-hydrogen) atoms. The number of carbonyl (C=O) groups is 1. The van der Waals surface area contributed by atoms with E-state index >= 15 is 0 Å². The molecule has 1 aromatic rings. The Balaban J connectivity index is 2.87. The lowest BCUT2D eigenvalue weighted by Gasteiger charge is -2.33. The summed E-state index contributed by atoms with van der Waals surface area (Å²) in [5.74, 6) is 0.156. The van der Waals surface area contributed by atoms with Gasteiger partial charge in [0.2, 0.25) is 0 Å². The van der Waals surface area contributed by atoms with Gasteiger partial charge in [0, 0.05) is 16.6 Å². The summed E-state index contributed by atoms with van der Waals surface area (Å²) in [6.07, 6.45) is 3.32. The summed E-state index contributed by atoms with van der Waals surface area (Å²) < 4.78 is 0. The molecule has 2 atom stereocenters. The van der Waals surface area contributed by atoms with Crippen LogP contribution in [0.15, 0.2) is 24.3 Å². The highest BCUT2D eigenvalue weighted by molar-refractivity contribution is 6.31. The van der Waals surface area contributed by atoms with Crippen molar-refractivity contribution >= 4 is 17.4 Å². The molecule has 0 spiro atoms. The Hall–Kier alpha value is -0.860. The summed E-state index contributed by atoms with van der Waals surface area (Å²) in [7, 11) is 0. The average Bonchev–Trinajstić information content (AvgIpc) is 2.46. The molecule has 0 N–H and O–H groups in total. The molecular formula is C17H26ClNO. The number of Topliss-reactive ketones (excluding diaryl/α,β-unsaturated/α-hetero) is 1. The molecule has 1 rings (SSSR count). The van der Waals surface area contributed by atoms with Crippen molar-refractivity contribution in [2.45, 2.75) is 59.0 Å². The van der Waals surface area contributed by atoms with Crippen molar-refractivity contribution in [3.05, 3.63) is 34.9 Å². The minimum Gasteiger partial charge on any atom is -0.292 e. The molecule has 0 aliphatic heterocycles. The molecule has 2 unspecified atom stereocenters. The summed E-state index contributed by atoms with van der Waals surface area (Å²) in [4.78, 5) is 14.9. The first-order chi connectivity index (χ1) is 9.51. The van der Waals surface area contributed by atoms with Crippen LogP contribution in [0.5, 0.6) is 0 Å². The average molecular weight is 296 g/mol. The zero-order valence-corrected chi connectivity index (χ0v) is 13.8. The number of nitrogens with zero attached hydrogens (tertiary/aromatic N) is 1. The third-order valence-corrected chi connectivity index (χ3v) is 4.15. The largest absolute Gasteiger partial charge is 0.292 e. The van der Waals surface area contributed by atoms with Gasteiger partial charge in [-0.3, -0.25) is 9.69 Å². The first kappa shape index (κ1) is 17.2. The third kappa shape index (κ3) is 4.60. The van der Waals surface area contributed by atoms with E-state index in [2.05, 4.69) is 25.7 Å². The van der Waals surface area contributed by atoms with Crippen LogP contribution in [0.3, 0.4) is 0 Å². The highest BCUT2D eigenvalue weighted by atomic mass is 35.5. The molecule has 0 aromatic heterocycles. The number of halogens is 1. The van der Waals surface area contributed by atoms with Crippen molar-refractivity contribution in [1.29, 1.82) is 0 Å². The second kappa shape index (κ2) is 8.43. The van der Waals surface area contributed by atoms with Crippen molar-refractivity contribution in [3.63, 3.8) is 0 Å². The van der Waals surface area contributed by atoms with Crippen LogP contribution in [-0.4, -0.2) is 29.3 Å². The lowest BCUT2D eigenvalue weighted by molar-refractivity contribution is 0.0766. The van der Waals surface area contributed by atoms with Gasteiger partial charge in [0.25, 0.3) is 0 Å². The number of ketones is 1. The van der Waals surface area contributed by atoms with E-state index in [1.807, 2.05) is 19.1 Å². The fourth-order valence-electron chi connectivity index (χ4n) is 2.40. The monoisotopic (exact) mass is 295 g/mol. The van der Waals surface area contributed by atoms with Gasteiger partial charge >= 0.3 is 0 Å². The highest BCUT2D eigenvalue weighted by Gasteiger charge is 2.25. The van der Waals surface area contributed by atoms with Gasteiger partial charge in [-0.05, 0) is 45.4 Å². The molecule has 112 valence electrons. The number of hydrogen-bond donors (Lipinski definition) is 0. The molecule has 0 amide bonds. The Morgan fingerprint density at radius 3 is 2.55 bits per heavy atom. The first-order valence-corrected chi connectivity index (χ1v) is 7.94. The molecule has 0 aliphatic carbocycles. The van der Waals surface area contributed by atoms with E-state index in [0.29, 0.717) is 16.6 Å². The van der Waals surface area contributed by atoms with Gasteiger partial charge in [-0.25, -0.2) is 0 Å². The Morgan fingerprint density at radius 2 is 2.00 bits per heavy atom. The van der Waals surface area contributed by atoms with Gasteiger partial charge in [0.05, 0.1) is 6.04 Å². The molecule has 0 heterocycles. The van der Waals surface area contributed by atoms with Crippen LogP contribution in [-0.2, 0) is 0 Å². The number of benzene rings is 1. The second-order valence-electron chi connectivity index (χ2n) is 5.40. The fraction of sp³-hybridized carbons (Fsp3) is 0.588. The molecule has 0 bridgehead atoms. The van der Waals surface area contributed by atoms with Gasteiger partial charge in [-0.1, -0.05) is 44.0 Å². The quantitative estimate of drug-likeness (QED) is 0.641. The van der Waals surface area contributed by atoms with Crippen LogP contribution in [0.1, 0.15) is 57.3 Å². The maximum atomic E-state index is 12.6. The van der Waals surface area contributed by atoms with Gasteiger partial charge in [-0.15, -0.1) is 0 Å². The zero-order chi connectivity index (χ0) is 15.1. The van der Waals surface area contributed by atoms with Crippen LogP contribution < -0.4 is 0 Å². The van der Waals surface area contributed by atoms with Crippen molar-refractivity contribution in [3.8, 4) is 0 Å². The van der Waals surface area contributed by atoms with Gasteiger partial charge in [0.15, 0.2) is 5.78 Å². The second-order valence-corrected chi connectivity index (χ2v) is 5.84. The van der Waals surface area contributed by atoms with E-state index in [1.54, 1.807) is 12.1 Å². The standard InChI is InChI=1S/C17H26ClNO/c1-5-7-11-19(13(3)6-2)14(4)17(20)15-9-8-10-16(18)12-15/h8-10,12-14H,5-7,11H2,1-4H3. The summed E-state index contributed by atoms with van der Waals surface area (Å²) in [6.45, 7) is 9.51. The van der Waals surface area contributed by atoms with Crippen LogP contribution in [0.4, 0.5) is 0 Å². The molecule has 2 nitrogen and oxygen atoms in total. The maximum absolute atomic E-state index is 12.6. The summed E-state index contributed by atoms with van der Waals surface area (Å²) in [5, 5.41) is 0.617. The van der Waals surface area contributed by atoms with E-state index in [4.69, 9.17) is 11.6 Å². The van der Waals surface area contributed by atoms with Crippen molar-refractivity contribution in [1.82, 2.24) is 4.90 Å². The normalized spacial score (nSPS) is 14.3. The van der Waals surface area contributed by atoms with E-state index < -0.39 is 0 Å². The van der Waals surface area contributed by atoms with E-state index in [0.717, 1.165) is 25.8 Å². The van der Waals surface area contributed by atoms with Gasteiger partial charge in [-0.2, -0.15) is 0 Å². The first-order valence-electron chi connectivity index (χ1n) is 7.56. The molecule has 0 saturated heterocycles. The van der Waals surface area contributed by atoms with E-state index in [9.17, 15) is 4.79 Å². The minimum atomic E-state index is -0.102. The number of unbranched alkanes of at least 4 members (excludes halogenated alkanes) is 1. The predicted octanol–water partition coefficient (Wildman–Crippen LogP) is 4.81. The molecule has 1 aromatic carbocycles. The van der Waals surface area contributed by atoms with Crippen LogP contribution in [0.25, 0.3) is 0 Å². The summed E-state index contributed by atoms with van der Waals surface area (Å²) >= 11 is 5.98. The van der Waals surface area contributed by atoms with Gasteiger partial charge < -0.3 is 0 Å². The third-order valence-electron chi connectivity index (χ3n) is 3.91. The van der Waals surface area contributed by atoms with Crippen molar-refractivity contribution < 1.29 is 4.79 Å². The molecular weight excluding hydrogens is 270 g/mol. The maximum Gasteiger partial charge on any atom is 0.179 e. The lowest BCUT2D eigenvalue weighted by atomic mass is 10.0. The topological polar surface area (TPSA) is 20.3 Å². The number of hydrogen-bond acceptors (Lipinski definition) is 2. The Bertz CT molecular complexity index is 433. The molecule has 3 heteroatoms. The van der Waals surface area contributed by atoms with Crippen LogP contribution in [0, 0.1) is 0 Å². The predicted molar refractivity (Wildman–Crippen MR) is 86.6 cm³/mol. The molecule has 0 radical (unpaired) electrons. The van der Waals surface area contributed by atoms with Crippen molar-refractivity contribution in [2.75, 3.05) is 6.54 Å². The molecule has 0 aliphatic rings. The zero-order valence-electron chi connectivity index (χ0n) is 13.0. The number of carbonyl (C=O) groups excluding carboxylic acids is 1. The van der Waals surface area contributed by atoms with E-state index in [-0.39, 0.29) is 11.8 Å². The summed E-state index contributed by atoms with van der Waals surface area (Å²) in [5.41, 5.74) is 0.704. The number of rotatable bonds is 8. The smallest absolute Gasteiger partial charge is 0.179 e. The molecule has 0 fully saturated rings. The Kier molecular flexibility index (Phi) is 7.25. The SMILES string of the molecule is CCCCN(C(C)CC)C(C)C(=O)c1cccc(Cl)c1. The fourth-order valence-corrected chi connectivity index (χ4v) is 2.59. The van der Waals surface area contributed by atoms with Crippen LogP contribution in [0.2, 0.25) is 5.02 Å². The highest BCUT2D eigenvalue weighted by Crippen LogP contribution is 2.17. The minimum absolute atomic E-state index is 0.102. The molecule has 0 saturated carbocycles.